The minimum Gasteiger partial charge on any atom is -0.350 e. The van der Waals surface area contributed by atoms with Crippen molar-refractivity contribution in [3.63, 3.8) is 0 Å². The highest BCUT2D eigenvalue weighted by molar-refractivity contribution is 7.88. The first-order valence-electron chi connectivity index (χ1n) is 9.53. The molecule has 1 fully saturated rings. The Kier molecular flexibility index (Phi) is 6.88. The van der Waals surface area contributed by atoms with Gasteiger partial charge >= 0.3 is 0 Å². The molecule has 0 spiro atoms. The van der Waals surface area contributed by atoms with Crippen LogP contribution in [0.3, 0.4) is 0 Å². The van der Waals surface area contributed by atoms with Crippen LogP contribution < -0.4 is 5.32 Å². The summed E-state index contributed by atoms with van der Waals surface area (Å²) in [7, 11) is -3.58. The highest BCUT2D eigenvalue weighted by Gasteiger charge is 2.49. The molecule has 1 saturated heterocycles. The fraction of sp³-hybridized carbons (Fsp3) is 0.600. The number of hydrogen-bond acceptors (Lipinski definition) is 4. The third kappa shape index (κ3) is 5.32. The molecule has 0 aliphatic carbocycles. The Bertz CT molecular complexity index is 820. The number of benzene rings is 1. The zero-order valence-corrected chi connectivity index (χ0v) is 18.2. The molecule has 28 heavy (non-hydrogen) atoms. The molecule has 1 atom stereocenters. The Hall–Kier alpha value is -1.93. The first-order valence-corrected chi connectivity index (χ1v) is 11.4. The second-order valence-corrected chi connectivity index (χ2v) is 10.2. The highest BCUT2D eigenvalue weighted by atomic mass is 32.2. The Morgan fingerprint density at radius 2 is 1.86 bits per heavy atom. The third-order valence-corrected chi connectivity index (χ3v) is 6.35. The molecular weight excluding hydrogens is 378 g/mol. The number of nitrogens with zero attached hydrogens (tertiary/aromatic N) is 2. The summed E-state index contributed by atoms with van der Waals surface area (Å²) >= 11 is 0. The lowest BCUT2D eigenvalue weighted by Crippen LogP contribution is -2.69. The summed E-state index contributed by atoms with van der Waals surface area (Å²) in [6, 6.07) is 7.80. The van der Waals surface area contributed by atoms with Crippen molar-refractivity contribution in [3.05, 3.63) is 35.4 Å². The molecule has 1 aliphatic heterocycles. The predicted molar refractivity (Wildman–Crippen MR) is 109 cm³/mol. The summed E-state index contributed by atoms with van der Waals surface area (Å²) in [5.41, 5.74) is 0.819. The van der Waals surface area contributed by atoms with Gasteiger partial charge in [-0.3, -0.25) is 9.59 Å². The first kappa shape index (κ1) is 22.4. The summed E-state index contributed by atoms with van der Waals surface area (Å²) in [5.74, 6) is -0.329. The lowest BCUT2D eigenvalue weighted by Gasteiger charge is -2.46. The van der Waals surface area contributed by atoms with E-state index in [0.29, 0.717) is 19.0 Å². The van der Waals surface area contributed by atoms with Crippen molar-refractivity contribution in [2.45, 2.75) is 46.2 Å². The normalized spacial score (nSPS) is 21.2. The number of amides is 2. The molecular formula is C20H31N3O4S. The van der Waals surface area contributed by atoms with E-state index in [1.807, 2.05) is 45.0 Å². The van der Waals surface area contributed by atoms with Gasteiger partial charge in [-0.25, -0.2) is 8.42 Å². The largest absolute Gasteiger partial charge is 0.350 e. The fourth-order valence-electron chi connectivity index (χ4n) is 3.26. The van der Waals surface area contributed by atoms with E-state index < -0.39 is 15.6 Å². The van der Waals surface area contributed by atoms with Gasteiger partial charge in [0, 0.05) is 19.6 Å². The molecule has 2 amide bonds. The average molecular weight is 410 g/mol. The van der Waals surface area contributed by atoms with Crippen molar-refractivity contribution in [2.75, 3.05) is 25.9 Å². The predicted octanol–water partition coefficient (Wildman–Crippen LogP) is 1.52. The Morgan fingerprint density at radius 1 is 1.25 bits per heavy atom. The monoisotopic (exact) mass is 409 g/mol. The van der Waals surface area contributed by atoms with Crippen LogP contribution in [0.25, 0.3) is 0 Å². The van der Waals surface area contributed by atoms with Gasteiger partial charge in [-0.1, -0.05) is 43.7 Å². The number of carbonyl (C=O) groups is 2. The SMILES string of the molecule is Cc1ccc(CNC(=O)C2(C)CN(S(C)(=O)=O)CC(=O)N2CCC(C)C)cc1. The zero-order chi connectivity index (χ0) is 21.1. The van der Waals surface area contributed by atoms with Crippen LogP contribution in [0, 0.1) is 12.8 Å². The van der Waals surface area contributed by atoms with E-state index in [9.17, 15) is 18.0 Å². The zero-order valence-electron chi connectivity index (χ0n) is 17.4. The van der Waals surface area contributed by atoms with Gasteiger partial charge in [0.05, 0.1) is 12.8 Å². The van der Waals surface area contributed by atoms with Crippen LogP contribution in [0.5, 0.6) is 0 Å². The number of aryl methyl sites for hydroxylation is 1. The summed E-state index contributed by atoms with van der Waals surface area (Å²) in [6.07, 6.45) is 1.81. The molecule has 1 unspecified atom stereocenters. The number of hydrogen-bond donors (Lipinski definition) is 1. The summed E-state index contributed by atoms with van der Waals surface area (Å²) in [5, 5.41) is 2.88. The molecule has 1 aromatic rings. The fourth-order valence-corrected chi connectivity index (χ4v) is 4.09. The summed E-state index contributed by atoms with van der Waals surface area (Å²) in [6.45, 7) is 8.20. The van der Waals surface area contributed by atoms with Gasteiger partial charge in [0.25, 0.3) is 0 Å². The molecule has 2 rings (SSSR count). The Balaban J connectivity index is 2.23. The van der Waals surface area contributed by atoms with Gasteiger partial charge in [0.15, 0.2) is 0 Å². The van der Waals surface area contributed by atoms with Gasteiger partial charge in [-0.05, 0) is 31.7 Å². The molecule has 156 valence electrons. The van der Waals surface area contributed by atoms with E-state index in [1.54, 1.807) is 11.8 Å². The molecule has 7 nitrogen and oxygen atoms in total. The maximum atomic E-state index is 13.1. The molecule has 0 bridgehead atoms. The number of piperazine rings is 1. The molecule has 8 heteroatoms. The molecule has 1 aromatic carbocycles. The van der Waals surface area contributed by atoms with E-state index in [0.717, 1.165) is 28.1 Å². The molecule has 1 aliphatic rings. The molecule has 1 heterocycles. The minimum absolute atomic E-state index is 0.0462. The van der Waals surface area contributed by atoms with Crippen molar-refractivity contribution in [2.24, 2.45) is 5.92 Å². The van der Waals surface area contributed by atoms with E-state index in [1.165, 1.54) is 0 Å². The van der Waals surface area contributed by atoms with Crippen LogP contribution in [0.15, 0.2) is 24.3 Å². The lowest BCUT2D eigenvalue weighted by atomic mass is 9.94. The van der Waals surface area contributed by atoms with Gasteiger partial charge in [-0.15, -0.1) is 0 Å². The van der Waals surface area contributed by atoms with Crippen molar-refractivity contribution >= 4 is 21.8 Å². The standard InChI is InChI=1S/C20H31N3O4S/c1-15(2)10-11-23-18(24)13-22(28(5,26)27)14-20(23,4)19(25)21-12-17-8-6-16(3)7-9-17/h6-9,15H,10-14H2,1-5H3,(H,21,25). The van der Waals surface area contributed by atoms with Crippen molar-refractivity contribution in [1.82, 2.24) is 14.5 Å². The van der Waals surface area contributed by atoms with E-state index >= 15 is 0 Å². The molecule has 1 N–H and O–H groups in total. The Labute approximate surface area is 168 Å². The molecule has 0 saturated carbocycles. The van der Waals surface area contributed by atoms with E-state index in [2.05, 4.69) is 5.32 Å². The number of nitrogens with one attached hydrogen (secondary N) is 1. The Morgan fingerprint density at radius 3 is 2.39 bits per heavy atom. The van der Waals surface area contributed by atoms with Crippen LogP contribution in [0.4, 0.5) is 0 Å². The maximum Gasteiger partial charge on any atom is 0.247 e. The van der Waals surface area contributed by atoms with Gasteiger partial charge < -0.3 is 10.2 Å². The van der Waals surface area contributed by atoms with Gasteiger partial charge in [-0.2, -0.15) is 4.31 Å². The molecule has 0 aromatic heterocycles. The van der Waals surface area contributed by atoms with Gasteiger partial charge in [0.2, 0.25) is 21.8 Å². The second kappa shape index (κ2) is 8.61. The van der Waals surface area contributed by atoms with Crippen molar-refractivity contribution in [3.8, 4) is 0 Å². The van der Waals surface area contributed by atoms with Crippen LogP contribution in [-0.2, 0) is 26.2 Å². The van der Waals surface area contributed by atoms with E-state index in [-0.39, 0.29) is 24.9 Å². The summed E-state index contributed by atoms with van der Waals surface area (Å²) < 4.78 is 25.2. The maximum absolute atomic E-state index is 13.1. The van der Waals surface area contributed by atoms with Crippen molar-refractivity contribution in [1.29, 1.82) is 0 Å². The van der Waals surface area contributed by atoms with E-state index in [4.69, 9.17) is 0 Å². The van der Waals surface area contributed by atoms with Crippen LogP contribution in [-0.4, -0.2) is 60.9 Å². The molecule has 0 radical (unpaired) electrons. The van der Waals surface area contributed by atoms with Crippen molar-refractivity contribution < 1.29 is 18.0 Å². The lowest BCUT2D eigenvalue weighted by molar-refractivity contribution is -0.153. The van der Waals surface area contributed by atoms with Gasteiger partial charge in [0.1, 0.15) is 5.54 Å². The smallest absolute Gasteiger partial charge is 0.247 e. The third-order valence-electron chi connectivity index (χ3n) is 5.15. The second-order valence-electron chi connectivity index (χ2n) is 8.20. The van der Waals surface area contributed by atoms with Crippen LogP contribution in [0.1, 0.15) is 38.3 Å². The van der Waals surface area contributed by atoms with Crippen LogP contribution in [0.2, 0.25) is 0 Å². The quantitative estimate of drug-likeness (QED) is 0.740. The number of sulfonamides is 1. The topological polar surface area (TPSA) is 86.8 Å². The van der Waals surface area contributed by atoms with Crippen LogP contribution >= 0.6 is 0 Å². The number of carbonyl (C=O) groups excluding carboxylic acids is 2. The highest BCUT2D eigenvalue weighted by Crippen LogP contribution is 2.26. The first-order chi connectivity index (χ1) is 12.9. The average Bonchev–Trinajstić information content (AvgIpc) is 2.59. The number of rotatable bonds is 7. The minimum atomic E-state index is -3.58. The summed E-state index contributed by atoms with van der Waals surface area (Å²) in [4.78, 5) is 27.4.